The largest absolute Gasteiger partial charge is 0.320 e. The molecule has 3 aromatic heterocycles. The van der Waals surface area contributed by atoms with Crippen molar-refractivity contribution in [1.82, 2.24) is 14.2 Å². The van der Waals surface area contributed by atoms with Crippen LogP contribution in [0.3, 0.4) is 0 Å². The molecule has 26 heavy (non-hydrogen) atoms. The van der Waals surface area contributed by atoms with Crippen molar-refractivity contribution in [3.05, 3.63) is 76.1 Å². The van der Waals surface area contributed by atoms with Gasteiger partial charge >= 0.3 is 0 Å². The Labute approximate surface area is 155 Å². The molecule has 5 heteroatoms. The number of imidazole rings is 1. The highest BCUT2D eigenvalue weighted by Gasteiger charge is 2.21. The van der Waals surface area contributed by atoms with E-state index in [4.69, 9.17) is 0 Å². The summed E-state index contributed by atoms with van der Waals surface area (Å²) in [5.41, 5.74) is 4.24. The molecule has 0 aliphatic heterocycles. The predicted octanol–water partition coefficient (Wildman–Crippen LogP) is 5.05. The first-order valence-electron chi connectivity index (χ1n) is 8.46. The van der Waals surface area contributed by atoms with Crippen LogP contribution in [0.5, 0.6) is 0 Å². The van der Waals surface area contributed by atoms with E-state index in [0.717, 1.165) is 27.3 Å². The van der Waals surface area contributed by atoms with Crippen molar-refractivity contribution in [2.45, 2.75) is 20.4 Å². The third-order valence-corrected chi connectivity index (χ3v) is 5.38. The third kappa shape index (κ3) is 2.61. The lowest BCUT2D eigenvalue weighted by Crippen LogP contribution is -2.02. The number of allylic oxidation sites excluding steroid dienone is 2. The number of rotatable bonds is 5. The Morgan fingerprint density at radius 3 is 2.65 bits per heavy atom. The maximum Gasteiger partial charge on any atom is 0.191 e. The quantitative estimate of drug-likeness (QED) is 0.283. The molecule has 4 nitrogen and oxygen atoms in total. The van der Waals surface area contributed by atoms with Crippen LogP contribution in [0.25, 0.3) is 22.8 Å². The van der Waals surface area contributed by atoms with E-state index in [-0.39, 0.29) is 5.78 Å². The van der Waals surface area contributed by atoms with Gasteiger partial charge in [0.05, 0.1) is 22.3 Å². The maximum atomic E-state index is 13.0. The molecule has 0 N–H and O–H groups in total. The summed E-state index contributed by atoms with van der Waals surface area (Å²) in [4.78, 5) is 15.3. The Morgan fingerprint density at radius 1 is 1.19 bits per heavy atom. The first kappa shape index (κ1) is 16.5. The van der Waals surface area contributed by atoms with Crippen molar-refractivity contribution in [3.8, 4) is 0 Å². The summed E-state index contributed by atoms with van der Waals surface area (Å²) in [5, 5.41) is 4.63. The third-order valence-electron chi connectivity index (χ3n) is 4.41. The van der Waals surface area contributed by atoms with E-state index in [0.29, 0.717) is 12.1 Å². The van der Waals surface area contributed by atoms with Crippen LogP contribution >= 0.6 is 11.3 Å². The van der Waals surface area contributed by atoms with Gasteiger partial charge in [0, 0.05) is 16.3 Å². The van der Waals surface area contributed by atoms with Crippen LogP contribution in [0.4, 0.5) is 0 Å². The van der Waals surface area contributed by atoms with E-state index < -0.39 is 0 Å². The molecule has 0 saturated heterocycles. The molecule has 4 aromatic rings. The molecular weight excluding hydrogens is 342 g/mol. The highest BCUT2D eigenvalue weighted by molar-refractivity contribution is 7.12. The zero-order valence-corrected chi connectivity index (χ0v) is 15.6. The maximum absolute atomic E-state index is 13.0. The van der Waals surface area contributed by atoms with E-state index in [2.05, 4.69) is 29.2 Å². The minimum absolute atomic E-state index is 0.0309. The number of ketones is 1. The molecule has 0 spiro atoms. The molecule has 4 rings (SSSR count). The van der Waals surface area contributed by atoms with E-state index in [1.165, 1.54) is 4.88 Å². The van der Waals surface area contributed by atoms with Gasteiger partial charge in [0.1, 0.15) is 5.65 Å². The van der Waals surface area contributed by atoms with Gasteiger partial charge in [-0.15, -0.1) is 17.9 Å². The van der Waals surface area contributed by atoms with Gasteiger partial charge in [-0.2, -0.15) is 5.10 Å². The van der Waals surface area contributed by atoms with E-state index >= 15 is 0 Å². The Bertz CT molecular complexity index is 1170. The molecule has 0 saturated carbocycles. The highest BCUT2D eigenvalue weighted by atomic mass is 32.1. The monoisotopic (exact) mass is 361 g/mol. The lowest BCUT2D eigenvalue weighted by molar-refractivity contribution is 0.104. The zero-order valence-electron chi connectivity index (χ0n) is 14.8. The second kappa shape index (κ2) is 6.42. The summed E-state index contributed by atoms with van der Waals surface area (Å²) >= 11 is 1.67. The molecule has 0 unspecified atom stereocenters. The van der Waals surface area contributed by atoms with Gasteiger partial charge in [-0.25, -0.2) is 4.52 Å². The second-order valence-electron chi connectivity index (χ2n) is 6.23. The van der Waals surface area contributed by atoms with Gasteiger partial charge in [-0.3, -0.25) is 4.79 Å². The Hall–Kier alpha value is -2.92. The molecule has 130 valence electrons. The van der Waals surface area contributed by atoms with Crippen molar-refractivity contribution in [1.29, 1.82) is 0 Å². The Kier molecular flexibility index (Phi) is 4.09. The summed E-state index contributed by atoms with van der Waals surface area (Å²) in [5.74, 6) is -0.0309. The first-order chi connectivity index (χ1) is 12.6. The van der Waals surface area contributed by atoms with Crippen LogP contribution in [0, 0.1) is 13.8 Å². The summed E-state index contributed by atoms with van der Waals surface area (Å²) in [6.07, 6.45) is 5.36. The fraction of sp³-hybridized carbons (Fsp3) is 0.143. The number of fused-ring (bicyclic) bond motifs is 3. The summed E-state index contributed by atoms with van der Waals surface area (Å²) in [6, 6.07) is 12.1. The molecule has 0 atom stereocenters. The molecule has 0 amide bonds. The number of thiophene rings is 1. The smallest absolute Gasteiger partial charge is 0.191 e. The summed E-state index contributed by atoms with van der Waals surface area (Å²) < 4.78 is 3.96. The Balaban J connectivity index is 1.89. The van der Waals surface area contributed by atoms with Gasteiger partial charge in [-0.05, 0) is 50.3 Å². The fourth-order valence-electron chi connectivity index (χ4n) is 3.30. The number of carbonyl (C=O) groups excluding carboxylic acids is 1. The van der Waals surface area contributed by atoms with Gasteiger partial charge in [0.2, 0.25) is 0 Å². The topological polar surface area (TPSA) is 39.3 Å². The number of hydrogen-bond acceptors (Lipinski definition) is 3. The molecule has 0 bridgehead atoms. The first-order valence-corrected chi connectivity index (χ1v) is 9.28. The average Bonchev–Trinajstić information content (AvgIpc) is 3.28. The molecule has 0 aliphatic rings. The molecule has 1 aromatic carbocycles. The van der Waals surface area contributed by atoms with Gasteiger partial charge in [-0.1, -0.05) is 18.2 Å². The van der Waals surface area contributed by atoms with E-state index in [1.807, 2.05) is 53.9 Å². The van der Waals surface area contributed by atoms with Crippen LogP contribution in [0.15, 0.2) is 55.1 Å². The van der Waals surface area contributed by atoms with Crippen molar-refractivity contribution in [2.75, 3.05) is 0 Å². The number of aryl methyl sites for hydroxylation is 2. The van der Waals surface area contributed by atoms with Crippen LogP contribution < -0.4 is 0 Å². The summed E-state index contributed by atoms with van der Waals surface area (Å²) in [6.45, 7) is 8.43. The minimum atomic E-state index is -0.0309. The van der Waals surface area contributed by atoms with Crippen LogP contribution in [0.1, 0.15) is 25.8 Å². The number of nitrogens with zero attached hydrogens (tertiary/aromatic N) is 3. The predicted molar refractivity (Wildman–Crippen MR) is 108 cm³/mol. The molecule has 0 fully saturated rings. The SMILES string of the molecule is C=CCn1c2ccccc2n2nc(C)c(C(=O)/C=C/c3ccc(C)s3)c12. The van der Waals surface area contributed by atoms with E-state index in [1.54, 1.807) is 17.4 Å². The Morgan fingerprint density at radius 2 is 1.96 bits per heavy atom. The number of hydrogen-bond donors (Lipinski definition) is 0. The molecule has 0 aliphatic carbocycles. The standard InChI is InChI=1S/C21H19N3OS/c1-4-13-23-17-7-5-6-8-18(17)24-21(23)20(15(3)22-24)19(25)12-11-16-10-9-14(2)26-16/h4-12H,1,13H2,2-3H3/b12-11+. The zero-order chi connectivity index (χ0) is 18.3. The van der Waals surface area contributed by atoms with Crippen molar-refractivity contribution in [3.63, 3.8) is 0 Å². The van der Waals surface area contributed by atoms with Gasteiger partial charge in [0.15, 0.2) is 5.78 Å². The second-order valence-corrected chi connectivity index (χ2v) is 7.55. The number of carbonyl (C=O) groups is 1. The molecule has 0 radical (unpaired) electrons. The number of benzene rings is 1. The van der Waals surface area contributed by atoms with Crippen LogP contribution in [-0.2, 0) is 6.54 Å². The highest BCUT2D eigenvalue weighted by Crippen LogP contribution is 2.26. The van der Waals surface area contributed by atoms with Crippen molar-refractivity contribution < 1.29 is 4.79 Å². The van der Waals surface area contributed by atoms with Crippen LogP contribution in [0.2, 0.25) is 0 Å². The minimum Gasteiger partial charge on any atom is -0.320 e. The van der Waals surface area contributed by atoms with Gasteiger partial charge < -0.3 is 4.57 Å². The molecule has 3 heterocycles. The van der Waals surface area contributed by atoms with E-state index in [9.17, 15) is 4.79 Å². The van der Waals surface area contributed by atoms with Crippen molar-refractivity contribution >= 4 is 39.9 Å². The normalized spacial score (nSPS) is 11.8. The average molecular weight is 361 g/mol. The number of aromatic nitrogens is 3. The van der Waals surface area contributed by atoms with Crippen molar-refractivity contribution in [2.24, 2.45) is 0 Å². The van der Waals surface area contributed by atoms with Crippen LogP contribution in [-0.4, -0.2) is 20.0 Å². The summed E-state index contributed by atoms with van der Waals surface area (Å²) in [7, 11) is 0. The fourth-order valence-corrected chi connectivity index (χ4v) is 4.08. The lowest BCUT2D eigenvalue weighted by atomic mass is 10.1. The molecular formula is C21H19N3OS. The lowest BCUT2D eigenvalue weighted by Gasteiger charge is -2.03. The number of para-hydroxylation sites is 2. The van der Waals surface area contributed by atoms with Gasteiger partial charge in [0.25, 0.3) is 0 Å².